The fraction of sp³-hybridized carbons (Fsp3) is 0.444. The van der Waals surface area contributed by atoms with E-state index in [0.29, 0.717) is 6.54 Å². The van der Waals surface area contributed by atoms with Crippen LogP contribution in [0, 0.1) is 12.8 Å². The van der Waals surface area contributed by atoms with Crippen LogP contribution in [-0.4, -0.2) is 40.7 Å². The van der Waals surface area contributed by atoms with Gasteiger partial charge in [-0.2, -0.15) is 0 Å². The van der Waals surface area contributed by atoms with Crippen LogP contribution in [0.3, 0.4) is 0 Å². The first-order valence-corrected chi connectivity index (χ1v) is 9.13. The Kier molecular flexibility index (Phi) is 5.16. The van der Waals surface area contributed by atoms with Crippen LogP contribution in [0.2, 0.25) is 0 Å². The van der Waals surface area contributed by atoms with Gasteiger partial charge in [0.2, 0.25) is 0 Å². The zero-order valence-electron chi connectivity index (χ0n) is 14.0. The third-order valence-corrected chi connectivity index (χ3v) is 5.46. The van der Waals surface area contributed by atoms with Crippen LogP contribution in [0.5, 0.6) is 0 Å². The predicted octanol–water partition coefficient (Wildman–Crippen LogP) is 3.74. The molecule has 1 heterocycles. The van der Waals surface area contributed by atoms with E-state index in [0.717, 1.165) is 41.2 Å². The number of aliphatic hydroxyl groups excluding tert-OH is 1. The van der Waals surface area contributed by atoms with Crippen molar-refractivity contribution < 1.29 is 9.90 Å². The summed E-state index contributed by atoms with van der Waals surface area (Å²) >= 11 is 1.60. The van der Waals surface area contributed by atoms with Crippen molar-refractivity contribution in [3.8, 4) is 10.6 Å². The number of rotatable bonds is 4. The van der Waals surface area contributed by atoms with E-state index in [2.05, 4.69) is 10.3 Å². The Labute approximate surface area is 146 Å². The van der Waals surface area contributed by atoms with Crippen molar-refractivity contribution in [2.45, 2.75) is 32.3 Å². The highest BCUT2D eigenvalue weighted by Gasteiger charge is 2.27. The standard InChI is InChI=1S/C18H23N3O2S/c1-12-11-24-17(19-12)13-5-3-7-15(9-13)20-18(23)21(2)10-14-6-4-8-16(14)22/h3,5,7,9,11,14,16,22H,4,6,8,10H2,1-2H3,(H,20,23). The van der Waals surface area contributed by atoms with Crippen molar-refractivity contribution >= 4 is 23.1 Å². The van der Waals surface area contributed by atoms with Crippen LogP contribution in [0.1, 0.15) is 25.0 Å². The van der Waals surface area contributed by atoms with Gasteiger partial charge in [0.1, 0.15) is 5.01 Å². The number of aromatic nitrogens is 1. The zero-order chi connectivity index (χ0) is 17.1. The summed E-state index contributed by atoms with van der Waals surface area (Å²) in [6, 6.07) is 7.57. The third kappa shape index (κ3) is 3.94. The van der Waals surface area contributed by atoms with E-state index in [1.54, 1.807) is 23.3 Å². The van der Waals surface area contributed by atoms with Crippen LogP contribution in [0.25, 0.3) is 10.6 Å². The van der Waals surface area contributed by atoms with Crippen LogP contribution in [0.4, 0.5) is 10.5 Å². The van der Waals surface area contributed by atoms with Gasteiger partial charge in [0.05, 0.1) is 6.10 Å². The van der Waals surface area contributed by atoms with Gasteiger partial charge in [0.25, 0.3) is 0 Å². The first-order valence-electron chi connectivity index (χ1n) is 8.25. The second-order valence-corrected chi connectivity index (χ2v) is 7.30. The molecule has 1 fully saturated rings. The molecule has 3 rings (SSSR count). The largest absolute Gasteiger partial charge is 0.393 e. The lowest BCUT2D eigenvalue weighted by molar-refractivity contribution is 0.116. The van der Waals surface area contributed by atoms with Gasteiger partial charge in [-0.05, 0) is 31.9 Å². The summed E-state index contributed by atoms with van der Waals surface area (Å²) in [5, 5.41) is 15.8. The summed E-state index contributed by atoms with van der Waals surface area (Å²) in [6.07, 6.45) is 2.58. The summed E-state index contributed by atoms with van der Waals surface area (Å²) in [5.41, 5.74) is 2.75. The first kappa shape index (κ1) is 16.9. The number of aryl methyl sites for hydroxylation is 1. The molecule has 0 radical (unpaired) electrons. The lowest BCUT2D eigenvalue weighted by Crippen LogP contribution is -2.37. The SMILES string of the molecule is Cc1csc(-c2cccc(NC(=O)N(C)CC3CCCC3O)c2)n1. The molecule has 1 aliphatic carbocycles. The molecule has 2 atom stereocenters. The average Bonchev–Trinajstić information content (AvgIpc) is 3.16. The minimum absolute atomic E-state index is 0.151. The number of hydrogen-bond acceptors (Lipinski definition) is 4. The summed E-state index contributed by atoms with van der Waals surface area (Å²) < 4.78 is 0. The highest BCUT2D eigenvalue weighted by atomic mass is 32.1. The maximum absolute atomic E-state index is 12.4. The number of amides is 2. The monoisotopic (exact) mass is 345 g/mol. The molecule has 2 amide bonds. The molecule has 1 aromatic heterocycles. The number of nitrogens with zero attached hydrogens (tertiary/aromatic N) is 2. The summed E-state index contributed by atoms with van der Waals surface area (Å²) in [5.74, 6) is 0.186. The Morgan fingerprint density at radius 2 is 2.29 bits per heavy atom. The van der Waals surface area contributed by atoms with Crippen LogP contribution in [-0.2, 0) is 0 Å². The highest BCUT2D eigenvalue weighted by Crippen LogP contribution is 2.27. The molecule has 1 aliphatic rings. The molecular formula is C18H23N3O2S. The fourth-order valence-corrected chi connectivity index (χ4v) is 3.89. The van der Waals surface area contributed by atoms with Crippen LogP contribution >= 0.6 is 11.3 Å². The Hall–Kier alpha value is -1.92. The molecule has 24 heavy (non-hydrogen) atoms. The number of urea groups is 1. The van der Waals surface area contributed by atoms with Gasteiger partial charge >= 0.3 is 6.03 Å². The topological polar surface area (TPSA) is 65.5 Å². The average molecular weight is 345 g/mol. The van der Waals surface area contributed by atoms with E-state index in [1.807, 2.05) is 36.6 Å². The van der Waals surface area contributed by atoms with Gasteiger partial charge in [0.15, 0.2) is 0 Å². The number of hydrogen-bond donors (Lipinski definition) is 2. The van der Waals surface area contributed by atoms with E-state index < -0.39 is 0 Å². The molecule has 2 N–H and O–H groups in total. The fourth-order valence-electron chi connectivity index (χ4n) is 3.10. The number of benzene rings is 1. The Balaban J connectivity index is 1.63. The molecule has 0 bridgehead atoms. The lowest BCUT2D eigenvalue weighted by Gasteiger charge is -2.23. The number of nitrogens with one attached hydrogen (secondary N) is 1. The third-order valence-electron chi connectivity index (χ3n) is 4.45. The van der Waals surface area contributed by atoms with Crippen molar-refractivity contribution in [1.29, 1.82) is 0 Å². The van der Waals surface area contributed by atoms with Gasteiger partial charge in [0, 0.05) is 41.8 Å². The van der Waals surface area contributed by atoms with Crippen molar-refractivity contribution in [3.63, 3.8) is 0 Å². The summed E-state index contributed by atoms with van der Waals surface area (Å²) in [7, 11) is 1.77. The van der Waals surface area contributed by atoms with Crippen molar-refractivity contribution in [2.75, 3.05) is 18.9 Å². The summed E-state index contributed by atoms with van der Waals surface area (Å²) in [6.45, 7) is 2.55. The normalized spacial score (nSPS) is 20.1. The number of carbonyl (C=O) groups excluding carboxylic acids is 1. The van der Waals surface area contributed by atoms with Gasteiger partial charge in [-0.3, -0.25) is 0 Å². The molecule has 5 nitrogen and oxygen atoms in total. The minimum atomic E-state index is -0.281. The Morgan fingerprint density at radius 3 is 2.96 bits per heavy atom. The first-order chi connectivity index (χ1) is 11.5. The smallest absolute Gasteiger partial charge is 0.321 e. The molecule has 0 saturated heterocycles. The van der Waals surface area contributed by atoms with E-state index in [4.69, 9.17) is 0 Å². The zero-order valence-corrected chi connectivity index (χ0v) is 14.8. The molecular weight excluding hydrogens is 322 g/mol. The van der Waals surface area contributed by atoms with E-state index in [-0.39, 0.29) is 18.1 Å². The number of carbonyl (C=O) groups is 1. The van der Waals surface area contributed by atoms with Crippen molar-refractivity contribution in [2.24, 2.45) is 5.92 Å². The number of aliphatic hydroxyl groups is 1. The number of thiazole rings is 1. The second kappa shape index (κ2) is 7.32. The molecule has 1 aromatic carbocycles. The van der Waals surface area contributed by atoms with Gasteiger partial charge in [-0.15, -0.1) is 11.3 Å². The van der Waals surface area contributed by atoms with Gasteiger partial charge in [-0.1, -0.05) is 18.6 Å². The van der Waals surface area contributed by atoms with E-state index in [9.17, 15) is 9.90 Å². The molecule has 0 aliphatic heterocycles. The highest BCUT2D eigenvalue weighted by molar-refractivity contribution is 7.13. The molecule has 0 spiro atoms. The molecule has 1 saturated carbocycles. The van der Waals surface area contributed by atoms with E-state index >= 15 is 0 Å². The predicted molar refractivity (Wildman–Crippen MR) is 97.3 cm³/mol. The Morgan fingerprint density at radius 1 is 1.46 bits per heavy atom. The van der Waals surface area contributed by atoms with E-state index in [1.165, 1.54) is 0 Å². The molecule has 6 heteroatoms. The molecule has 2 unspecified atom stereocenters. The number of anilines is 1. The molecule has 128 valence electrons. The lowest BCUT2D eigenvalue weighted by atomic mass is 10.1. The van der Waals surface area contributed by atoms with Gasteiger partial charge in [-0.25, -0.2) is 9.78 Å². The molecule has 2 aromatic rings. The maximum Gasteiger partial charge on any atom is 0.321 e. The van der Waals surface area contributed by atoms with Crippen LogP contribution < -0.4 is 5.32 Å². The van der Waals surface area contributed by atoms with Crippen molar-refractivity contribution in [1.82, 2.24) is 9.88 Å². The maximum atomic E-state index is 12.4. The Bertz CT molecular complexity index is 716. The van der Waals surface area contributed by atoms with Crippen LogP contribution in [0.15, 0.2) is 29.6 Å². The minimum Gasteiger partial charge on any atom is -0.393 e. The van der Waals surface area contributed by atoms with Crippen molar-refractivity contribution in [3.05, 3.63) is 35.3 Å². The quantitative estimate of drug-likeness (QED) is 0.887. The second-order valence-electron chi connectivity index (χ2n) is 6.44. The van der Waals surface area contributed by atoms with Gasteiger partial charge < -0.3 is 15.3 Å². The summed E-state index contributed by atoms with van der Waals surface area (Å²) in [4.78, 5) is 18.5.